The van der Waals surface area contributed by atoms with Crippen LogP contribution >= 0.6 is 0 Å². The zero-order valence-corrected chi connectivity index (χ0v) is 17.5. The van der Waals surface area contributed by atoms with Crippen LogP contribution in [0.15, 0.2) is 41.4 Å². The quantitative estimate of drug-likeness (QED) is 0.615. The highest BCUT2D eigenvalue weighted by atomic mass is 19.1. The maximum absolute atomic E-state index is 13.7. The molecule has 0 amide bonds. The standard InChI is InChI=1S/C23H28FN3O3/c1-28-20-7-9-26(15-20)8-4-10-30-23-11-17-14-25-16-27(21(17)13-22(23)29-2)19-6-3-5-18(24)12-19/h3,5-6,11-14,20H,4,7-10,15-16H2,1-2H3/t20-/m1/s1. The molecule has 2 aromatic carbocycles. The summed E-state index contributed by atoms with van der Waals surface area (Å²) >= 11 is 0. The molecule has 2 heterocycles. The summed E-state index contributed by atoms with van der Waals surface area (Å²) in [5.74, 6) is 1.08. The molecule has 0 aliphatic carbocycles. The second kappa shape index (κ2) is 9.45. The van der Waals surface area contributed by atoms with Crippen molar-refractivity contribution in [1.29, 1.82) is 0 Å². The van der Waals surface area contributed by atoms with Crippen LogP contribution in [-0.2, 0) is 4.74 Å². The molecule has 0 bridgehead atoms. The van der Waals surface area contributed by atoms with E-state index in [1.807, 2.05) is 29.3 Å². The van der Waals surface area contributed by atoms with E-state index in [0.29, 0.717) is 30.9 Å². The van der Waals surface area contributed by atoms with Crippen molar-refractivity contribution in [3.63, 3.8) is 0 Å². The van der Waals surface area contributed by atoms with Crippen LogP contribution in [0.1, 0.15) is 18.4 Å². The van der Waals surface area contributed by atoms with E-state index in [2.05, 4.69) is 9.89 Å². The van der Waals surface area contributed by atoms with Crippen LogP contribution in [0.4, 0.5) is 15.8 Å². The van der Waals surface area contributed by atoms with Gasteiger partial charge in [-0.2, -0.15) is 0 Å². The van der Waals surface area contributed by atoms with Crippen LogP contribution in [0.25, 0.3) is 0 Å². The number of likely N-dealkylation sites (tertiary alicyclic amines) is 1. The third kappa shape index (κ3) is 4.57. The highest BCUT2D eigenvalue weighted by Gasteiger charge is 2.22. The van der Waals surface area contributed by atoms with Gasteiger partial charge in [0.2, 0.25) is 0 Å². The SMILES string of the molecule is COc1cc2c(cc1OCCCN1CC[C@@H](OC)C1)C=NCN2c1cccc(F)c1. The van der Waals surface area contributed by atoms with Gasteiger partial charge in [-0.05, 0) is 37.1 Å². The number of aliphatic imine (C=N–C) groups is 1. The van der Waals surface area contributed by atoms with Gasteiger partial charge in [0, 0.05) is 50.3 Å². The van der Waals surface area contributed by atoms with Gasteiger partial charge in [0.25, 0.3) is 0 Å². The van der Waals surface area contributed by atoms with E-state index in [4.69, 9.17) is 14.2 Å². The fourth-order valence-electron chi connectivity index (χ4n) is 4.00. The Morgan fingerprint density at radius 1 is 1.17 bits per heavy atom. The predicted octanol–water partition coefficient (Wildman–Crippen LogP) is 3.85. The first-order chi connectivity index (χ1) is 14.7. The average Bonchev–Trinajstić information content (AvgIpc) is 3.23. The molecule has 30 heavy (non-hydrogen) atoms. The minimum absolute atomic E-state index is 0.273. The summed E-state index contributed by atoms with van der Waals surface area (Å²) in [5.41, 5.74) is 2.59. The Labute approximate surface area is 176 Å². The monoisotopic (exact) mass is 413 g/mol. The van der Waals surface area contributed by atoms with Crippen molar-refractivity contribution in [2.75, 3.05) is 52.0 Å². The van der Waals surface area contributed by atoms with Crippen LogP contribution in [-0.4, -0.2) is 64.3 Å². The molecule has 1 saturated heterocycles. The van der Waals surface area contributed by atoms with Crippen molar-refractivity contribution in [1.82, 2.24) is 4.90 Å². The van der Waals surface area contributed by atoms with Gasteiger partial charge < -0.3 is 24.0 Å². The number of hydrogen-bond donors (Lipinski definition) is 0. The number of hydrogen-bond acceptors (Lipinski definition) is 6. The number of anilines is 2. The summed E-state index contributed by atoms with van der Waals surface area (Å²) in [5, 5.41) is 0. The zero-order chi connectivity index (χ0) is 20.9. The molecule has 1 atom stereocenters. The maximum atomic E-state index is 13.7. The molecule has 7 heteroatoms. The van der Waals surface area contributed by atoms with E-state index in [0.717, 1.165) is 49.4 Å². The molecule has 2 aromatic rings. The van der Waals surface area contributed by atoms with Gasteiger partial charge >= 0.3 is 0 Å². The summed E-state index contributed by atoms with van der Waals surface area (Å²) in [6.07, 6.45) is 4.20. The molecule has 0 radical (unpaired) electrons. The molecule has 0 N–H and O–H groups in total. The van der Waals surface area contributed by atoms with Gasteiger partial charge in [0.15, 0.2) is 11.5 Å². The van der Waals surface area contributed by atoms with Gasteiger partial charge in [-0.15, -0.1) is 0 Å². The molecular weight excluding hydrogens is 385 g/mol. The van der Waals surface area contributed by atoms with Gasteiger partial charge in [0.05, 0.1) is 25.5 Å². The second-order valence-corrected chi connectivity index (χ2v) is 7.57. The number of methoxy groups -OCH3 is 2. The molecule has 1 fully saturated rings. The summed E-state index contributed by atoms with van der Waals surface area (Å²) in [7, 11) is 3.41. The Kier molecular flexibility index (Phi) is 6.50. The molecule has 4 rings (SSSR count). The van der Waals surface area contributed by atoms with Crippen molar-refractivity contribution in [2.45, 2.75) is 18.9 Å². The number of ether oxygens (including phenoxy) is 3. The Morgan fingerprint density at radius 2 is 2.07 bits per heavy atom. The Bertz CT molecular complexity index is 905. The van der Waals surface area contributed by atoms with Gasteiger partial charge in [-0.25, -0.2) is 4.39 Å². The van der Waals surface area contributed by atoms with Crippen molar-refractivity contribution in [3.05, 3.63) is 47.8 Å². The molecule has 6 nitrogen and oxygen atoms in total. The Balaban J connectivity index is 1.43. The van der Waals surface area contributed by atoms with E-state index >= 15 is 0 Å². The number of fused-ring (bicyclic) bond motifs is 1. The maximum Gasteiger partial charge on any atom is 0.162 e. The lowest BCUT2D eigenvalue weighted by Gasteiger charge is -2.28. The lowest BCUT2D eigenvalue weighted by atomic mass is 10.1. The topological polar surface area (TPSA) is 46.5 Å². The first-order valence-electron chi connectivity index (χ1n) is 10.3. The van der Waals surface area contributed by atoms with Crippen LogP contribution in [0.3, 0.4) is 0 Å². The van der Waals surface area contributed by atoms with Gasteiger partial charge in [-0.1, -0.05) is 6.07 Å². The molecule has 2 aliphatic heterocycles. The van der Waals surface area contributed by atoms with Crippen LogP contribution in [0.2, 0.25) is 0 Å². The number of rotatable bonds is 8. The van der Waals surface area contributed by atoms with E-state index in [1.54, 1.807) is 20.3 Å². The van der Waals surface area contributed by atoms with Crippen LogP contribution in [0, 0.1) is 5.82 Å². The minimum Gasteiger partial charge on any atom is -0.493 e. The lowest BCUT2D eigenvalue weighted by molar-refractivity contribution is 0.107. The van der Waals surface area contributed by atoms with Crippen LogP contribution in [0.5, 0.6) is 11.5 Å². The Morgan fingerprint density at radius 3 is 2.83 bits per heavy atom. The molecule has 0 unspecified atom stereocenters. The van der Waals surface area contributed by atoms with Crippen molar-refractivity contribution in [2.24, 2.45) is 4.99 Å². The fourth-order valence-corrected chi connectivity index (χ4v) is 4.00. The predicted molar refractivity (Wildman–Crippen MR) is 116 cm³/mol. The third-order valence-corrected chi connectivity index (χ3v) is 5.62. The largest absolute Gasteiger partial charge is 0.493 e. The number of nitrogens with zero attached hydrogens (tertiary/aromatic N) is 3. The molecule has 0 saturated carbocycles. The molecular formula is C23H28FN3O3. The van der Waals surface area contributed by atoms with Gasteiger partial charge in [0.1, 0.15) is 12.5 Å². The van der Waals surface area contributed by atoms with E-state index in [-0.39, 0.29) is 5.82 Å². The average molecular weight is 413 g/mol. The van der Waals surface area contributed by atoms with Gasteiger partial charge in [-0.3, -0.25) is 4.99 Å². The zero-order valence-electron chi connectivity index (χ0n) is 17.5. The van der Waals surface area contributed by atoms with E-state index in [9.17, 15) is 4.39 Å². The molecule has 0 spiro atoms. The van der Waals surface area contributed by atoms with Crippen molar-refractivity contribution >= 4 is 17.6 Å². The third-order valence-electron chi connectivity index (χ3n) is 5.62. The fraction of sp³-hybridized carbons (Fsp3) is 0.435. The smallest absolute Gasteiger partial charge is 0.162 e. The summed E-state index contributed by atoms with van der Waals surface area (Å²) in [4.78, 5) is 8.80. The molecule has 2 aliphatic rings. The lowest BCUT2D eigenvalue weighted by Crippen LogP contribution is -2.25. The van der Waals surface area contributed by atoms with E-state index < -0.39 is 0 Å². The normalized spacial score (nSPS) is 18.5. The summed E-state index contributed by atoms with van der Waals surface area (Å²) in [6.45, 7) is 4.09. The Hall–Kier alpha value is -2.64. The van der Waals surface area contributed by atoms with Crippen molar-refractivity contribution < 1.29 is 18.6 Å². The molecule has 0 aromatic heterocycles. The van der Waals surface area contributed by atoms with E-state index in [1.165, 1.54) is 12.1 Å². The molecule has 160 valence electrons. The number of halogens is 1. The number of benzene rings is 2. The highest BCUT2D eigenvalue weighted by molar-refractivity contribution is 5.93. The minimum atomic E-state index is -0.273. The first kappa shape index (κ1) is 20.6. The van der Waals surface area contributed by atoms with Crippen molar-refractivity contribution in [3.8, 4) is 11.5 Å². The second-order valence-electron chi connectivity index (χ2n) is 7.57. The summed E-state index contributed by atoms with van der Waals surface area (Å²) < 4.78 is 30.8. The summed E-state index contributed by atoms with van der Waals surface area (Å²) in [6, 6.07) is 10.4. The highest BCUT2D eigenvalue weighted by Crippen LogP contribution is 2.39. The van der Waals surface area contributed by atoms with Crippen LogP contribution < -0.4 is 14.4 Å². The first-order valence-corrected chi connectivity index (χ1v) is 10.3.